The Bertz CT molecular complexity index is 217. The van der Waals surface area contributed by atoms with E-state index >= 15 is 0 Å². The molecule has 0 bridgehead atoms. The van der Waals surface area contributed by atoms with E-state index in [2.05, 4.69) is 6.58 Å². The van der Waals surface area contributed by atoms with Gasteiger partial charge in [-0.05, 0) is 18.3 Å². The molecule has 88 valence electrons. The fourth-order valence-corrected chi connectivity index (χ4v) is 1.24. The Morgan fingerprint density at radius 3 is 2.33 bits per heavy atom. The van der Waals surface area contributed by atoms with Gasteiger partial charge in [0.05, 0.1) is 6.61 Å². The third-order valence-electron chi connectivity index (χ3n) is 3.07. The van der Waals surface area contributed by atoms with Crippen LogP contribution in [-0.2, 0) is 9.53 Å². The highest BCUT2D eigenvalue weighted by molar-refractivity contribution is 5.89. The van der Waals surface area contributed by atoms with Crippen LogP contribution in [0.5, 0.6) is 0 Å². The van der Waals surface area contributed by atoms with E-state index in [1.165, 1.54) is 0 Å². The first-order valence-electron chi connectivity index (χ1n) is 5.49. The average Bonchev–Trinajstić information content (AvgIpc) is 2.27. The molecule has 0 aromatic carbocycles. The number of aliphatic hydroxyl groups excluding tert-OH is 1. The van der Waals surface area contributed by atoms with E-state index in [9.17, 15) is 4.79 Å². The minimum absolute atomic E-state index is 0.0403. The average molecular weight is 214 g/mol. The van der Waals surface area contributed by atoms with Gasteiger partial charge >= 0.3 is 5.97 Å². The van der Waals surface area contributed by atoms with Crippen molar-refractivity contribution in [1.29, 1.82) is 0 Å². The molecule has 0 rings (SSSR count). The summed E-state index contributed by atoms with van der Waals surface area (Å²) in [7, 11) is 0. The summed E-state index contributed by atoms with van der Waals surface area (Å²) in [5.74, 6) is -0.338. The first kappa shape index (κ1) is 14.2. The summed E-state index contributed by atoms with van der Waals surface area (Å²) in [6.07, 6.45) is 2.23. The number of ether oxygens (including phenoxy) is 1. The topological polar surface area (TPSA) is 46.5 Å². The summed E-state index contributed by atoms with van der Waals surface area (Å²) in [4.78, 5) is 11.6. The van der Waals surface area contributed by atoms with Crippen molar-refractivity contribution in [3.63, 3.8) is 0 Å². The fourth-order valence-electron chi connectivity index (χ4n) is 1.24. The van der Waals surface area contributed by atoms with E-state index in [1.807, 2.05) is 20.8 Å². The Balaban J connectivity index is 4.24. The van der Waals surface area contributed by atoms with Crippen LogP contribution in [0, 0.1) is 5.41 Å². The van der Waals surface area contributed by atoms with Crippen molar-refractivity contribution in [2.24, 2.45) is 5.41 Å². The van der Waals surface area contributed by atoms with Gasteiger partial charge in [-0.25, -0.2) is 4.79 Å². The molecule has 0 spiro atoms. The molecule has 15 heavy (non-hydrogen) atoms. The number of hydrogen-bond donors (Lipinski definition) is 1. The summed E-state index contributed by atoms with van der Waals surface area (Å²) >= 11 is 0. The summed E-state index contributed by atoms with van der Waals surface area (Å²) in [6.45, 7) is 10.2. The Kier molecular flexibility index (Phi) is 6.25. The molecule has 0 aliphatic carbocycles. The van der Waals surface area contributed by atoms with Gasteiger partial charge < -0.3 is 9.84 Å². The van der Waals surface area contributed by atoms with Crippen molar-refractivity contribution in [2.75, 3.05) is 13.2 Å². The smallest absolute Gasteiger partial charge is 0.333 e. The van der Waals surface area contributed by atoms with Crippen molar-refractivity contribution in [2.45, 2.75) is 40.0 Å². The second-order valence-corrected chi connectivity index (χ2v) is 3.96. The van der Waals surface area contributed by atoms with Gasteiger partial charge in [0.25, 0.3) is 0 Å². The molecule has 3 heteroatoms. The highest BCUT2D eigenvalue weighted by Crippen LogP contribution is 2.33. The van der Waals surface area contributed by atoms with Crippen molar-refractivity contribution < 1.29 is 14.6 Å². The second kappa shape index (κ2) is 6.62. The van der Waals surface area contributed by atoms with Gasteiger partial charge in [-0.2, -0.15) is 0 Å². The Morgan fingerprint density at radius 1 is 1.40 bits per heavy atom. The van der Waals surface area contributed by atoms with Gasteiger partial charge in [-0.3, -0.25) is 0 Å². The van der Waals surface area contributed by atoms with E-state index < -0.39 is 0 Å². The molecule has 0 radical (unpaired) electrons. The van der Waals surface area contributed by atoms with Crippen LogP contribution in [-0.4, -0.2) is 24.3 Å². The second-order valence-electron chi connectivity index (χ2n) is 3.96. The van der Waals surface area contributed by atoms with Crippen LogP contribution in [0.2, 0.25) is 0 Å². The van der Waals surface area contributed by atoms with Crippen molar-refractivity contribution in [3.05, 3.63) is 12.2 Å². The van der Waals surface area contributed by atoms with Crippen LogP contribution in [0.15, 0.2) is 12.2 Å². The zero-order chi connectivity index (χ0) is 11.9. The minimum atomic E-state index is -0.338. The number of carbonyl (C=O) groups is 1. The molecule has 0 amide bonds. The van der Waals surface area contributed by atoms with Crippen LogP contribution in [0.3, 0.4) is 0 Å². The molecular weight excluding hydrogens is 192 g/mol. The Labute approximate surface area is 92.1 Å². The number of carbonyl (C=O) groups excluding carboxylic acids is 1. The zero-order valence-electron chi connectivity index (χ0n) is 10.0. The number of rotatable bonds is 7. The number of aliphatic hydroxyl groups is 1. The summed E-state index contributed by atoms with van der Waals surface area (Å²) in [5.41, 5.74) is 0.362. The Hall–Kier alpha value is -0.830. The maximum atomic E-state index is 11.6. The highest BCUT2D eigenvalue weighted by atomic mass is 16.5. The standard InChI is InChI=1S/C12H22O3/c1-5-12(4,6-2)10(3)11(14)15-9-7-8-13/h13H,3,5-9H2,1-2,4H3. The third-order valence-corrected chi connectivity index (χ3v) is 3.07. The quantitative estimate of drug-likeness (QED) is 0.402. The lowest BCUT2D eigenvalue weighted by molar-refractivity contribution is -0.140. The first-order chi connectivity index (χ1) is 7.01. The Morgan fingerprint density at radius 2 is 1.93 bits per heavy atom. The zero-order valence-corrected chi connectivity index (χ0v) is 10.0. The molecule has 0 aliphatic rings. The maximum absolute atomic E-state index is 11.6. The van der Waals surface area contributed by atoms with Crippen LogP contribution in [0.1, 0.15) is 40.0 Å². The fraction of sp³-hybridized carbons (Fsp3) is 0.750. The predicted octanol–water partition coefficient (Wildman–Crippen LogP) is 2.29. The van der Waals surface area contributed by atoms with E-state index in [-0.39, 0.29) is 24.6 Å². The normalized spacial score (nSPS) is 11.2. The maximum Gasteiger partial charge on any atom is 0.333 e. The minimum Gasteiger partial charge on any atom is -0.462 e. The SMILES string of the molecule is C=C(C(=O)OCCCO)C(C)(CC)CC. The van der Waals surface area contributed by atoms with E-state index in [4.69, 9.17) is 9.84 Å². The van der Waals surface area contributed by atoms with Gasteiger partial charge in [0, 0.05) is 18.6 Å². The molecule has 0 heterocycles. The molecule has 0 saturated heterocycles. The molecule has 1 N–H and O–H groups in total. The van der Waals surface area contributed by atoms with Gasteiger partial charge in [-0.15, -0.1) is 0 Å². The van der Waals surface area contributed by atoms with E-state index in [0.717, 1.165) is 12.8 Å². The molecule has 0 aromatic rings. The summed E-state index contributed by atoms with van der Waals surface area (Å²) < 4.78 is 5.00. The molecule has 0 unspecified atom stereocenters. The van der Waals surface area contributed by atoms with Crippen molar-refractivity contribution in [3.8, 4) is 0 Å². The van der Waals surface area contributed by atoms with Gasteiger partial charge in [-0.1, -0.05) is 27.4 Å². The van der Waals surface area contributed by atoms with Crippen LogP contribution in [0.4, 0.5) is 0 Å². The van der Waals surface area contributed by atoms with E-state index in [0.29, 0.717) is 12.0 Å². The summed E-state index contributed by atoms with van der Waals surface area (Å²) in [6, 6.07) is 0. The van der Waals surface area contributed by atoms with Gasteiger partial charge in [0.2, 0.25) is 0 Å². The summed E-state index contributed by atoms with van der Waals surface area (Å²) in [5, 5.41) is 8.56. The lowest BCUT2D eigenvalue weighted by Crippen LogP contribution is -2.24. The third kappa shape index (κ3) is 4.04. The first-order valence-corrected chi connectivity index (χ1v) is 5.49. The molecule has 0 saturated carbocycles. The monoisotopic (exact) mass is 214 g/mol. The molecular formula is C12H22O3. The van der Waals surface area contributed by atoms with Gasteiger partial charge in [0.1, 0.15) is 0 Å². The number of hydrogen-bond acceptors (Lipinski definition) is 3. The highest BCUT2D eigenvalue weighted by Gasteiger charge is 2.29. The molecule has 0 aliphatic heterocycles. The molecule has 3 nitrogen and oxygen atoms in total. The predicted molar refractivity (Wildman–Crippen MR) is 60.5 cm³/mol. The van der Waals surface area contributed by atoms with Crippen LogP contribution >= 0.6 is 0 Å². The molecule has 0 fully saturated rings. The number of esters is 1. The lowest BCUT2D eigenvalue weighted by Gasteiger charge is -2.27. The van der Waals surface area contributed by atoms with Gasteiger partial charge in [0.15, 0.2) is 0 Å². The molecule has 0 aromatic heterocycles. The molecule has 0 atom stereocenters. The van der Waals surface area contributed by atoms with Crippen molar-refractivity contribution >= 4 is 5.97 Å². The van der Waals surface area contributed by atoms with E-state index in [1.54, 1.807) is 0 Å². The van der Waals surface area contributed by atoms with Crippen LogP contribution in [0.25, 0.3) is 0 Å². The lowest BCUT2D eigenvalue weighted by atomic mass is 9.78. The largest absolute Gasteiger partial charge is 0.462 e. The van der Waals surface area contributed by atoms with Crippen molar-refractivity contribution in [1.82, 2.24) is 0 Å². The van der Waals surface area contributed by atoms with Crippen LogP contribution < -0.4 is 0 Å².